The van der Waals surface area contributed by atoms with E-state index in [0.717, 1.165) is 0 Å². The second-order valence-corrected chi connectivity index (χ2v) is 7.89. The van der Waals surface area contributed by atoms with Crippen LogP contribution in [0, 0.1) is 20.8 Å². The van der Waals surface area contributed by atoms with E-state index in [4.69, 9.17) is 0 Å². The van der Waals surface area contributed by atoms with Gasteiger partial charge >= 0.3 is 0 Å². The number of nitrogens with zero attached hydrogens (tertiary/aromatic N) is 1. The summed E-state index contributed by atoms with van der Waals surface area (Å²) in [5, 5.41) is 3.31. The molecule has 0 aliphatic rings. The second kappa shape index (κ2) is 6.70. The molecule has 4 nitrogen and oxygen atoms in total. The molecule has 114 valence electrons. The Balaban J connectivity index is 2.72. The van der Waals surface area contributed by atoms with Crippen LogP contribution in [-0.2, 0) is 10.0 Å². The Labute approximate surface area is 123 Å². The Morgan fingerprint density at radius 3 is 2.10 bits per heavy atom. The van der Waals surface area contributed by atoms with E-state index in [1.807, 2.05) is 0 Å². The highest BCUT2D eigenvalue weighted by Gasteiger charge is 2.15. The molecule has 1 aromatic rings. The molecule has 0 bridgehead atoms. The quantitative estimate of drug-likeness (QED) is 0.875. The van der Waals surface area contributed by atoms with E-state index in [0.29, 0.717) is 6.54 Å². The minimum atomic E-state index is -3.13. The van der Waals surface area contributed by atoms with Gasteiger partial charge in [-0.15, -0.1) is 0 Å². The fourth-order valence-corrected chi connectivity index (χ4v) is 3.30. The van der Waals surface area contributed by atoms with Crippen LogP contribution >= 0.6 is 0 Å². The van der Waals surface area contributed by atoms with Crippen molar-refractivity contribution in [1.29, 1.82) is 0 Å². The van der Waals surface area contributed by atoms with Crippen LogP contribution in [0.3, 0.4) is 0 Å². The van der Waals surface area contributed by atoms with Crippen molar-refractivity contribution in [3.05, 3.63) is 34.4 Å². The average molecular weight is 298 g/mol. The zero-order valence-electron chi connectivity index (χ0n) is 13.3. The number of aryl methyl sites for hydroxylation is 3. The van der Waals surface area contributed by atoms with Crippen LogP contribution < -0.4 is 5.32 Å². The van der Waals surface area contributed by atoms with Crippen LogP contribution in [0.4, 0.5) is 0 Å². The third kappa shape index (κ3) is 4.30. The van der Waals surface area contributed by atoms with Gasteiger partial charge in [0.05, 0.1) is 5.75 Å². The molecular weight excluding hydrogens is 272 g/mol. The molecule has 1 N–H and O–H groups in total. The van der Waals surface area contributed by atoms with Gasteiger partial charge in [-0.2, -0.15) is 0 Å². The third-order valence-electron chi connectivity index (χ3n) is 3.54. The van der Waals surface area contributed by atoms with Crippen molar-refractivity contribution < 1.29 is 8.42 Å². The Bertz CT molecular complexity index is 542. The van der Waals surface area contributed by atoms with Gasteiger partial charge in [-0.1, -0.05) is 17.7 Å². The fourth-order valence-electron chi connectivity index (χ4n) is 2.56. The normalized spacial score (nSPS) is 13.8. The topological polar surface area (TPSA) is 49.4 Å². The summed E-state index contributed by atoms with van der Waals surface area (Å²) in [5.74, 6) is 0.119. The van der Waals surface area contributed by atoms with Crippen molar-refractivity contribution in [2.45, 2.75) is 33.7 Å². The molecule has 0 aliphatic carbocycles. The Hall–Kier alpha value is -0.910. The molecule has 20 heavy (non-hydrogen) atoms. The van der Waals surface area contributed by atoms with Gasteiger partial charge in [0.1, 0.15) is 0 Å². The Morgan fingerprint density at radius 2 is 1.65 bits per heavy atom. The molecule has 5 heteroatoms. The van der Waals surface area contributed by atoms with Crippen molar-refractivity contribution in [2.75, 3.05) is 26.4 Å². The number of hydrogen-bond acceptors (Lipinski definition) is 3. The maximum absolute atomic E-state index is 11.7. The molecule has 1 unspecified atom stereocenters. The zero-order chi connectivity index (χ0) is 15.5. The summed E-state index contributed by atoms with van der Waals surface area (Å²) >= 11 is 0. The highest BCUT2D eigenvalue weighted by molar-refractivity contribution is 7.89. The van der Waals surface area contributed by atoms with Crippen molar-refractivity contribution in [1.82, 2.24) is 9.62 Å². The van der Waals surface area contributed by atoms with E-state index in [1.165, 1.54) is 26.6 Å². The van der Waals surface area contributed by atoms with Gasteiger partial charge in [-0.05, 0) is 44.4 Å². The van der Waals surface area contributed by atoms with Gasteiger partial charge in [-0.3, -0.25) is 0 Å². The lowest BCUT2D eigenvalue weighted by atomic mass is 9.95. The molecule has 0 aromatic heterocycles. The SMILES string of the molecule is Cc1cc(C)c(C(C)NCCS(=O)(=O)N(C)C)c(C)c1. The highest BCUT2D eigenvalue weighted by atomic mass is 32.2. The van der Waals surface area contributed by atoms with E-state index < -0.39 is 10.0 Å². The summed E-state index contributed by atoms with van der Waals surface area (Å²) in [5.41, 5.74) is 5.01. The summed E-state index contributed by atoms with van der Waals surface area (Å²) in [6.45, 7) is 8.82. The summed E-state index contributed by atoms with van der Waals surface area (Å²) in [6.07, 6.45) is 0. The van der Waals surface area contributed by atoms with Crippen LogP contribution in [0.25, 0.3) is 0 Å². The molecule has 1 aromatic carbocycles. The average Bonchev–Trinajstić information content (AvgIpc) is 2.26. The van der Waals surface area contributed by atoms with Gasteiger partial charge in [0.15, 0.2) is 0 Å². The number of rotatable bonds is 6. The van der Waals surface area contributed by atoms with Gasteiger partial charge in [0, 0.05) is 26.7 Å². The monoisotopic (exact) mass is 298 g/mol. The first-order valence-corrected chi connectivity index (χ1v) is 8.47. The maximum Gasteiger partial charge on any atom is 0.214 e. The fraction of sp³-hybridized carbons (Fsp3) is 0.600. The first-order valence-electron chi connectivity index (χ1n) is 6.86. The summed E-state index contributed by atoms with van der Waals surface area (Å²) in [6, 6.07) is 4.47. The minimum absolute atomic E-state index is 0.119. The van der Waals surface area contributed by atoms with Crippen LogP contribution in [0.15, 0.2) is 12.1 Å². The van der Waals surface area contributed by atoms with Gasteiger partial charge in [0.25, 0.3) is 0 Å². The predicted molar refractivity (Wildman–Crippen MR) is 84.5 cm³/mol. The minimum Gasteiger partial charge on any atom is -0.309 e. The van der Waals surface area contributed by atoms with E-state index >= 15 is 0 Å². The Morgan fingerprint density at radius 1 is 1.15 bits per heavy atom. The highest BCUT2D eigenvalue weighted by Crippen LogP contribution is 2.23. The van der Waals surface area contributed by atoms with Crippen molar-refractivity contribution in [3.8, 4) is 0 Å². The lowest BCUT2D eigenvalue weighted by Gasteiger charge is -2.20. The molecule has 0 radical (unpaired) electrons. The molecule has 0 heterocycles. The van der Waals surface area contributed by atoms with Crippen molar-refractivity contribution in [2.24, 2.45) is 0 Å². The van der Waals surface area contributed by atoms with Crippen LogP contribution in [0.1, 0.15) is 35.2 Å². The number of sulfonamides is 1. The molecular formula is C15H26N2O2S. The summed E-state index contributed by atoms with van der Waals surface area (Å²) in [4.78, 5) is 0. The van der Waals surface area contributed by atoms with Crippen LogP contribution in [0.2, 0.25) is 0 Å². The molecule has 1 atom stereocenters. The molecule has 1 rings (SSSR count). The lowest BCUT2D eigenvalue weighted by Crippen LogP contribution is -2.32. The summed E-state index contributed by atoms with van der Waals surface area (Å²) < 4.78 is 24.7. The zero-order valence-corrected chi connectivity index (χ0v) is 14.1. The number of benzene rings is 1. The van der Waals surface area contributed by atoms with E-state index in [-0.39, 0.29) is 11.8 Å². The van der Waals surface area contributed by atoms with Crippen molar-refractivity contribution >= 4 is 10.0 Å². The van der Waals surface area contributed by atoms with Crippen LogP contribution in [0.5, 0.6) is 0 Å². The van der Waals surface area contributed by atoms with Crippen molar-refractivity contribution in [3.63, 3.8) is 0 Å². The van der Waals surface area contributed by atoms with E-state index in [9.17, 15) is 8.42 Å². The number of nitrogens with one attached hydrogen (secondary N) is 1. The molecule has 0 saturated carbocycles. The lowest BCUT2D eigenvalue weighted by molar-refractivity contribution is 0.512. The smallest absolute Gasteiger partial charge is 0.214 e. The van der Waals surface area contributed by atoms with Crippen LogP contribution in [-0.4, -0.2) is 39.1 Å². The van der Waals surface area contributed by atoms with E-state index in [1.54, 1.807) is 14.1 Å². The largest absolute Gasteiger partial charge is 0.309 e. The molecule has 0 fully saturated rings. The second-order valence-electron chi connectivity index (χ2n) is 5.59. The molecule has 0 spiro atoms. The first kappa shape index (κ1) is 17.1. The van der Waals surface area contributed by atoms with E-state index in [2.05, 4.69) is 45.1 Å². The molecule has 0 saturated heterocycles. The predicted octanol–water partition coefficient (Wildman–Crippen LogP) is 2.15. The maximum atomic E-state index is 11.7. The standard InChI is InChI=1S/C15H26N2O2S/c1-11-9-12(2)15(13(3)10-11)14(4)16-7-8-20(18,19)17(5)6/h9-10,14,16H,7-8H2,1-6H3. The van der Waals surface area contributed by atoms with Gasteiger partial charge < -0.3 is 5.32 Å². The molecule has 0 amide bonds. The molecule has 0 aliphatic heterocycles. The van der Waals surface area contributed by atoms with Gasteiger partial charge in [0.2, 0.25) is 10.0 Å². The third-order valence-corrected chi connectivity index (χ3v) is 5.37. The van der Waals surface area contributed by atoms with Gasteiger partial charge in [-0.25, -0.2) is 12.7 Å². The summed E-state index contributed by atoms with van der Waals surface area (Å²) in [7, 11) is -0.00713. The Kier molecular flexibility index (Phi) is 5.74. The first-order chi connectivity index (χ1) is 9.15. The number of hydrogen-bond donors (Lipinski definition) is 1.